The van der Waals surface area contributed by atoms with Gasteiger partial charge in [-0.1, -0.05) is 29.8 Å². The summed E-state index contributed by atoms with van der Waals surface area (Å²) in [5.74, 6) is 0.150. The van der Waals surface area contributed by atoms with E-state index in [1.165, 1.54) is 24.0 Å². The van der Waals surface area contributed by atoms with Gasteiger partial charge in [0.15, 0.2) is 0 Å². The Morgan fingerprint density at radius 2 is 1.79 bits per heavy atom. The Balaban J connectivity index is 0.00000196. The molecule has 160 valence electrons. The Morgan fingerprint density at radius 1 is 1.18 bits per heavy atom. The van der Waals surface area contributed by atoms with Crippen molar-refractivity contribution in [3.63, 3.8) is 0 Å². The minimum atomic E-state index is -0.386. The van der Waals surface area contributed by atoms with E-state index < -0.39 is 0 Å². The SMILES string of the molecule is COCC1(C(=O)NCC(c2ccc(C)cc2)N2CCCC2)CCNCC1.Cl.Cl. The molecular formula is C21H35Cl2N3O2. The number of nitrogens with zero attached hydrogens (tertiary/aromatic N) is 1. The van der Waals surface area contributed by atoms with Crippen LogP contribution in [0.15, 0.2) is 24.3 Å². The molecule has 1 aromatic carbocycles. The van der Waals surface area contributed by atoms with E-state index in [4.69, 9.17) is 4.74 Å². The summed E-state index contributed by atoms with van der Waals surface area (Å²) in [4.78, 5) is 15.6. The first-order valence-electron chi connectivity index (χ1n) is 9.93. The van der Waals surface area contributed by atoms with E-state index in [0.717, 1.165) is 39.0 Å². The van der Waals surface area contributed by atoms with Crippen molar-refractivity contribution < 1.29 is 9.53 Å². The summed E-state index contributed by atoms with van der Waals surface area (Å²) in [5, 5.41) is 6.63. The lowest BCUT2D eigenvalue weighted by atomic mass is 9.78. The minimum Gasteiger partial charge on any atom is -0.384 e. The highest BCUT2D eigenvalue weighted by Crippen LogP contribution is 2.30. The van der Waals surface area contributed by atoms with Gasteiger partial charge in [0.1, 0.15) is 0 Å². The predicted octanol–water partition coefficient (Wildman–Crippen LogP) is 3.11. The molecule has 7 heteroatoms. The van der Waals surface area contributed by atoms with Crippen LogP contribution in [0, 0.1) is 12.3 Å². The molecule has 1 atom stereocenters. The molecule has 1 amide bonds. The van der Waals surface area contributed by atoms with Gasteiger partial charge in [-0.15, -0.1) is 24.8 Å². The van der Waals surface area contributed by atoms with Crippen LogP contribution >= 0.6 is 24.8 Å². The number of hydrogen-bond acceptors (Lipinski definition) is 4. The van der Waals surface area contributed by atoms with Crippen LogP contribution in [0.3, 0.4) is 0 Å². The average Bonchev–Trinajstić information content (AvgIpc) is 3.18. The van der Waals surface area contributed by atoms with E-state index in [2.05, 4.69) is 46.7 Å². The molecule has 3 rings (SSSR count). The molecule has 0 bridgehead atoms. The number of methoxy groups -OCH3 is 1. The highest BCUT2D eigenvalue weighted by Gasteiger charge is 2.40. The van der Waals surface area contributed by atoms with Crippen LogP contribution < -0.4 is 10.6 Å². The molecule has 0 aromatic heterocycles. The van der Waals surface area contributed by atoms with Gasteiger partial charge < -0.3 is 15.4 Å². The summed E-state index contributed by atoms with van der Waals surface area (Å²) in [6.45, 7) is 7.26. The number of piperidine rings is 1. The highest BCUT2D eigenvalue weighted by molar-refractivity contribution is 5.85. The van der Waals surface area contributed by atoms with Crippen LogP contribution in [-0.4, -0.2) is 57.2 Å². The topological polar surface area (TPSA) is 53.6 Å². The van der Waals surface area contributed by atoms with Gasteiger partial charge in [0.2, 0.25) is 5.91 Å². The van der Waals surface area contributed by atoms with E-state index in [1.54, 1.807) is 7.11 Å². The van der Waals surface area contributed by atoms with Crippen molar-refractivity contribution >= 4 is 30.7 Å². The van der Waals surface area contributed by atoms with Crippen molar-refractivity contribution in [2.75, 3.05) is 46.4 Å². The Bertz CT molecular complexity index is 580. The van der Waals surface area contributed by atoms with Gasteiger partial charge in [-0.3, -0.25) is 9.69 Å². The molecule has 1 aromatic rings. The highest BCUT2D eigenvalue weighted by atomic mass is 35.5. The Hall–Kier alpha value is -0.850. The van der Waals surface area contributed by atoms with E-state index in [0.29, 0.717) is 13.2 Å². The van der Waals surface area contributed by atoms with Crippen molar-refractivity contribution in [3.8, 4) is 0 Å². The second kappa shape index (κ2) is 12.0. The fraction of sp³-hybridized carbons (Fsp3) is 0.667. The molecule has 0 saturated carbocycles. The molecule has 2 heterocycles. The van der Waals surface area contributed by atoms with Gasteiger partial charge in [0.05, 0.1) is 18.1 Å². The Labute approximate surface area is 181 Å². The molecule has 28 heavy (non-hydrogen) atoms. The molecule has 2 aliphatic heterocycles. The van der Waals surface area contributed by atoms with Gasteiger partial charge in [-0.25, -0.2) is 0 Å². The normalized spacial score (nSPS) is 19.9. The third-order valence-corrected chi connectivity index (χ3v) is 5.96. The Morgan fingerprint density at radius 3 is 2.36 bits per heavy atom. The average molecular weight is 432 g/mol. The van der Waals surface area contributed by atoms with Crippen molar-refractivity contribution in [1.29, 1.82) is 0 Å². The lowest BCUT2D eigenvalue weighted by Gasteiger charge is -2.36. The van der Waals surface area contributed by atoms with E-state index in [1.807, 2.05) is 0 Å². The van der Waals surface area contributed by atoms with Crippen molar-refractivity contribution in [2.24, 2.45) is 5.41 Å². The third-order valence-electron chi connectivity index (χ3n) is 5.96. The van der Waals surface area contributed by atoms with Crippen molar-refractivity contribution in [1.82, 2.24) is 15.5 Å². The number of aryl methyl sites for hydroxylation is 1. The van der Waals surface area contributed by atoms with E-state index >= 15 is 0 Å². The fourth-order valence-electron chi connectivity index (χ4n) is 4.30. The molecule has 2 N–H and O–H groups in total. The van der Waals surface area contributed by atoms with Crippen LogP contribution in [0.2, 0.25) is 0 Å². The zero-order valence-electron chi connectivity index (χ0n) is 17.0. The zero-order valence-corrected chi connectivity index (χ0v) is 18.7. The van der Waals surface area contributed by atoms with Crippen LogP contribution in [-0.2, 0) is 9.53 Å². The molecule has 0 aliphatic carbocycles. The number of rotatable bonds is 7. The first-order chi connectivity index (χ1) is 12.6. The lowest BCUT2D eigenvalue weighted by molar-refractivity contribution is -0.136. The lowest BCUT2D eigenvalue weighted by Crippen LogP contribution is -2.51. The van der Waals surface area contributed by atoms with Crippen molar-refractivity contribution in [3.05, 3.63) is 35.4 Å². The van der Waals surface area contributed by atoms with E-state index in [-0.39, 0.29) is 42.2 Å². The Kier molecular flexibility index (Phi) is 10.8. The molecule has 5 nitrogen and oxygen atoms in total. The molecule has 1 unspecified atom stereocenters. The van der Waals surface area contributed by atoms with Crippen molar-refractivity contribution in [2.45, 2.75) is 38.6 Å². The van der Waals surface area contributed by atoms with Gasteiger partial charge in [-0.2, -0.15) is 0 Å². The first kappa shape index (κ1) is 25.2. The minimum absolute atomic E-state index is 0. The quantitative estimate of drug-likeness (QED) is 0.696. The summed E-state index contributed by atoms with van der Waals surface area (Å²) < 4.78 is 5.41. The summed E-state index contributed by atoms with van der Waals surface area (Å²) in [7, 11) is 1.69. The van der Waals surface area contributed by atoms with Gasteiger partial charge in [-0.05, 0) is 64.3 Å². The maximum atomic E-state index is 13.1. The standard InChI is InChI=1S/C21H33N3O2.2ClH/c1-17-5-7-18(8-6-17)19(24-13-3-4-14-24)15-23-20(25)21(16-26-2)9-11-22-12-10-21;;/h5-8,19,22H,3-4,9-16H2,1-2H3,(H,23,25);2*1H. The van der Waals surface area contributed by atoms with Crippen LogP contribution in [0.1, 0.15) is 42.9 Å². The number of halogens is 2. The maximum Gasteiger partial charge on any atom is 0.228 e. The predicted molar refractivity (Wildman–Crippen MR) is 119 cm³/mol. The second-order valence-electron chi connectivity index (χ2n) is 7.84. The first-order valence-corrected chi connectivity index (χ1v) is 9.93. The maximum absolute atomic E-state index is 13.1. The molecular weight excluding hydrogens is 397 g/mol. The summed E-state index contributed by atoms with van der Waals surface area (Å²) in [6.07, 6.45) is 4.17. The summed E-state index contributed by atoms with van der Waals surface area (Å²) >= 11 is 0. The zero-order chi connectivity index (χ0) is 18.4. The second-order valence-corrected chi connectivity index (χ2v) is 7.84. The fourth-order valence-corrected chi connectivity index (χ4v) is 4.30. The van der Waals surface area contributed by atoms with Crippen LogP contribution in [0.5, 0.6) is 0 Å². The number of nitrogens with one attached hydrogen (secondary N) is 2. The number of hydrogen-bond donors (Lipinski definition) is 2. The number of ether oxygens (including phenoxy) is 1. The number of carbonyl (C=O) groups excluding carboxylic acids is 1. The van der Waals surface area contributed by atoms with Crippen LogP contribution in [0.25, 0.3) is 0 Å². The van der Waals surface area contributed by atoms with Gasteiger partial charge in [0.25, 0.3) is 0 Å². The molecule has 2 aliphatic rings. The molecule has 2 fully saturated rings. The third kappa shape index (κ3) is 6.07. The largest absolute Gasteiger partial charge is 0.384 e. The smallest absolute Gasteiger partial charge is 0.228 e. The molecule has 0 radical (unpaired) electrons. The van der Waals surface area contributed by atoms with Gasteiger partial charge >= 0.3 is 0 Å². The van der Waals surface area contributed by atoms with Gasteiger partial charge in [0, 0.05) is 13.7 Å². The number of benzene rings is 1. The number of carbonyl (C=O) groups is 1. The number of amides is 1. The molecule has 0 spiro atoms. The van der Waals surface area contributed by atoms with E-state index in [9.17, 15) is 4.79 Å². The molecule has 2 saturated heterocycles. The number of likely N-dealkylation sites (tertiary alicyclic amines) is 1. The monoisotopic (exact) mass is 431 g/mol. The van der Waals surface area contributed by atoms with Crippen LogP contribution in [0.4, 0.5) is 0 Å². The summed E-state index contributed by atoms with van der Waals surface area (Å²) in [5.41, 5.74) is 2.18. The summed E-state index contributed by atoms with van der Waals surface area (Å²) in [6, 6.07) is 9.00.